The molecule has 0 aliphatic rings. The maximum absolute atomic E-state index is 11.9. The maximum Gasteiger partial charge on any atom is 0.331 e. The van der Waals surface area contributed by atoms with Crippen molar-refractivity contribution in [1.29, 1.82) is 0 Å². The highest BCUT2D eigenvalue weighted by atomic mass is 79.9. The fourth-order valence-corrected chi connectivity index (χ4v) is 2.60. The number of ether oxygens (including phenoxy) is 2. The topological polar surface area (TPSA) is 74.5 Å². The number of aromatic nitrogens is 2. The third-order valence-electron chi connectivity index (χ3n) is 3.43. The fourth-order valence-electron chi connectivity index (χ4n) is 2.20. The van der Waals surface area contributed by atoms with Crippen molar-refractivity contribution in [3.8, 4) is 17.1 Å². The van der Waals surface area contributed by atoms with Gasteiger partial charge >= 0.3 is 5.97 Å². The molecule has 0 aliphatic carbocycles. The predicted molar refractivity (Wildman–Crippen MR) is 99.3 cm³/mol. The summed E-state index contributed by atoms with van der Waals surface area (Å²) in [6, 6.07) is 14.9. The van der Waals surface area contributed by atoms with Crippen molar-refractivity contribution in [2.24, 2.45) is 0 Å². The molecule has 3 aromatic rings. The smallest absolute Gasteiger partial charge is 0.331 e. The molecule has 6 nitrogen and oxygen atoms in total. The third kappa shape index (κ3) is 4.58. The van der Waals surface area contributed by atoms with Gasteiger partial charge in [-0.25, -0.2) is 4.79 Å². The van der Waals surface area contributed by atoms with Crippen LogP contribution in [-0.4, -0.2) is 23.2 Å². The number of hydrogen-bond acceptors (Lipinski definition) is 6. The second-order valence-corrected chi connectivity index (χ2v) is 6.12. The van der Waals surface area contributed by atoms with E-state index in [0.29, 0.717) is 11.6 Å². The van der Waals surface area contributed by atoms with Gasteiger partial charge in [0.2, 0.25) is 5.82 Å². The van der Waals surface area contributed by atoms with E-state index in [9.17, 15) is 4.79 Å². The Morgan fingerprint density at radius 2 is 2.08 bits per heavy atom. The Kier molecular flexibility index (Phi) is 5.80. The lowest BCUT2D eigenvalue weighted by molar-refractivity contribution is -0.139. The maximum atomic E-state index is 11.9. The van der Waals surface area contributed by atoms with Gasteiger partial charge < -0.3 is 14.0 Å². The quantitative estimate of drug-likeness (QED) is 0.442. The molecule has 0 spiro atoms. The standard InChI is InChI=1S/C19H15BrN2O4/c1-24-16-8-3-2-5-13(16)9-10-18(23)25-12-17-21-19(22-26-17)14-6-4-7-15(20)11-14/h2-11H,12H2,1H3/b10-9+. The van der Waals surface area contributed by atoms with Crippen LogP contribution >= 0.6 is 15.9 Å². The van der Waals surface area contributed by atoms with Gasteiger partial charge in [0.05, 0.1) is 7.11 Å². The van der Waals surface area contributed by atoms with Crippen molar-refractivity contribution >= 4 is 28.0 Å². The van der Waals surface area contributed by atoms with Crippen LogP contribution < -0.4 is 4.74 Å². The summed E-state index contributed by atoms with van der Waals surface area (Å²) < 4.78 is 16.4. The molecule has 0 saturated heterocycles. The Bertz CT molecular complexity index is 937. The van der Waals surface area contributed by atoms with Gasteiger partial charge in [-0.05, 0) is 24.3 Å². The van der Waals surface area contributed by atoms with Crippen LogP contribution in [0.25, 0.3) is 17.5 Å². The molecule has 3 rings (SSSR count). The van der Waals surface area contributed by atoms with Crippen molar-refractivity contribution in [2.45, 2.75) is 6.61 Å². The van der Waals surface area contributed by atoms with Gasteiger partial charge in [-0.2, -0.15) is 4.98 Å². The van der Waals surface area contributed by atoms with E-state index in [4.69, 9.17) is 14.0 Å². The van der Waals surface area contributed by atoms with Crippen LogP contribution in [0, 0.1) is 0 Å². The van der Waals surface area contributed by atoms with E-state index < -0.39 is 5.97 Å². The van der Waals surface area contributed by atoms with E-state index >= 15 is 0 Å². The first-order valence-electron chi connectivity index (χ1n) is 7.72. The van der Waals surface area contributed by atoms with Crippen LogP contribution in [0.3, 0.4) is 0 Å². The highest BCUT2D eigenvalue weighted by Crippen LogP contribution is 2.21. The van der Waals surface area contributed by atoms with Gasteiger partial charge in [0.15, 0.2) is 6.61 Å². The summed E-state index contributed by atoms with van der Waals surface area (Å²) in [5.74, 6) is 0.811. The first-order chi connectivity index (χ1) is 12.7. The molecular formula is C19H15BrN2O4. The second-order valence-electron chi connectivity index (χ2n) is 5.21. The fraction of sp³-hybridized carbons (Fsp3) is 0.105. The molecule has 2 aromatic carbocycles. The Morgan fingerprint density at radius 1 is 1.23 bits per heavy atom. The molecule has 0 N–H and O–H groups in total. The van der Waals surface area contributed by atoms with Crippen LogP contribution in [0.15, 0.2) is 63.6 Å². The molecule has 0 bridgehead atoms. The van der Waals surface area contributed by atoms with Crippen LogP contribution in [-0.2, 0) is 16.1 Å². The molecule has 0 saturated carbocycles. The lowest BCUT2D eigenvalue weighted by Gasteiger charge is -2.03. The highest BCUT2D eigenvalue weighted by molar-refractivity contribution is 9.10. The minimum Gasteiger partial charge on any atom is -0.496 e. The molecule has 0 fully saturated rings. The Balaban J connectivity index is 1.59. The molecule has 1 heterocycles. The van der Waals surface area contributed by atoms with E-state index in [1.807, 2.05) is 48.5 Å². The molecule has 0 unspecified atom stereocenters. The number of halogens is 1. The van der Waals surface area contributed by atoms with Gasteiger partial charge in [-0.1, -0.05) is 51.4 Å². The van der Waals surface area contributed by atoms with E-state index in [1.54, 1.807) is 13.2 Å². The van der Waals surface area contributed by atoms with Crippen LogP contribution in [0.1, 0.15) is 11.5 Å². The van der Waals surface area contributed by atoms with Crippen molar-refractivity contribution < 1.29 is 18.8 Å². The SMILES string of the molecule is COc1ccccc1/C=C/C(=O)OCc1nc(-c2cccc(Br)c2)no1. The normalized spacial score (nSPS) is 10.8. The lowest BCUT2D eigenvalue weighted by Crippen LogP contribution is -2.01. The molecule has 0 atom stereocenters. The van der Waals surface area contributed by atoms with Gasteiger partial charge in [-0.15, -0.1) is 0 Å². The van der Waals surface area contributed by atoms with Gasteiger partial charge in [0.25, 0.3) is 5.89 Å². The molecular weight excluding hydrogens is 400 g/mol. The molecule has 132 valence electrons. The third-order valence-corrected chi connectivity index (χ3v) is 3.92. The van der Waals surface area contributed by atoms with Gasteiger partial charge in [0, 0.05) is 21.7 Å². The summed E-state index contributed by atoms with van der Waals surface area (Å²) in [6.45, 7) is -0.101. The van der Waals surface area contributed by atoms with Gasteiger partial charge in [-0.3, -0.25) is 0 Å². The first-order valence-corrected chi connectivity index (χ1v) is 8.51. The summed E-state index contributed by atoms with van der Waals surface area (Å²) in [5.41, 5.74) is 1.58. The van der Waals surface area contributed by atoms with Crippen LogP contribution in [0.5, 0.6) is 5.75 Å². The first kappa shape index (κ1) is 17.9. The average Bonchev–Trinajstić information content (AvgIpc) is 3.14. The number of hydrogen-bond donors (Lipinski definition) is 0. The van der Waals surface area contributed by atoms with E-state index in [2.05, 4.69) is 26.1 Å². The number of carbonyl (C=O) groups is 1. The van der Waals surface area contributed by atoms with E-state index in [-0.39, 0.29) is 12.5 Å². The number of carbonyl (C=O) groups excluding carboxylic acids is 1. The minimum absolute atomic E-state index is 0.101. The summed E-state index contributed by atoms with van der Waals surface area (Å²) in [7, 11) is 1.57. The predicted octanol–water partition coefficient (Wildman–Crippen LogP) is 4.26. The molecule has 0 aliphatic heterocycles. The molecule has 26 heavy (non-hydrogen) atoms. The molecule has 0 amide bonds. The zero-order chi connectivity index (χ0) is 18.4. The summed E-state index contributed by atoms with van der Waals surface area (Å²) in [6.07, 6.45) is 2.95. The number of para-hydroxylation sites is 1. The van der Waals surface area contributed by atoms with Gasteiger partial charge in [0.1, 0.15) is 5.75 Å². The zero-order valence-electron chi connectivity index (χ0n) is 13.9. The Hall–Kier alpha value is -2.93. The number of rotatable bonds is 6. The minimum atomic E-state index is -0.516. The number of esters is 1. The number of nitrogens with zero attached hydrogens (tertiary/aromatic N) is 2. The number of methoxy groups -OCH3 is 1. The summed E-state index contributed by atoms with van der Waals surface area (Å²) in [5, 5.41) is 3.89. The van der Waals surface area contributed by atoms with Crippen molar-refractivity contribution in [3.05, 3.63) is 70.5 Å². The van der Waals surface area contributed by atoms with Crippen molar-refractivity contribution in [3.63, 3.8) is 0 Å². The molecule has 0 radical (unpaired) electrons. The van der Waals surface area contributed by atoms with Crippen LogP contribution in [0.2, 0.25) is 0 Å². The monoisotopic (exact) mass is 414 g/mol. The highest BCUT2D eigenvalue weighted by Gasteiger charge is 2.10. The summed E-state index contributed by atoms with van der Waals surface area (Å²) in [4.78, 5) is 16.1. The molecule has 1 aromatic heterocycles. The second kappa shape index (κ2) is 8.44. The lowest BCUT2D eigenvalue weighted by atomic mass is 10.2. The summed E-state index contributed by atoms with van der Waals surface area (Å²) >= 11 is 3.39. The number of benzene rings is 2. The van der Waals surface area contributed by atoms with E-state index in [1.165, 1.54) is 6.08 Å². The zero-order valence-corrected chi connectivity index (χ0v) is 15.5. The van der Waals surface area contributed by atoms with Crippen molar-refractivity contribution in [2.75, 3.05) is 7.11 Å². The Morgan fingerprint density at radius 3 is 2.88 bits per heavy atom. The Labute approximate surface area is 158 Å². The molecule has 7 heteroatoms. The van der Waals surface area contributed by atoms with Crippen LogP contribution in [0.4, 0.5) is 0 Å². The largest absolute Gasteiger partial charge is 0.496 e. The van der Waals surface area contributed by atoms with E-state index in [0.717, 1.165) is 15.6 Å². The van der Waals surface area contributed by atoms with Crippen molar-refractivity contribution in [1.82, 2.24) is 10.1 Å². The average molecular weight is 415 g/mol.